The molecule has 1 aliphatic rings. The van der Waals surface area contributed by atoms with Gasteiger partial charge in [0.1, 0.15) is 17.2 Å². The maximum Gasteiger partial charge on any atom is 0.281 e. The first-order valence-electron chi connectivity index (χ1n) is 11.3. The number of amides is 1. The number of fused-ring (bicyclic) bond motifs is 2. The largest absolute Gasteiger partial charge is 0.368 e. The Bertz CT molecular complexity index is 1250. The number of hydrogen-bond acceptors (Lipinski definition) is 4. The molecule has 0 unspecified atom stereocenters. The van der Waals surface area contributed by atoms with Crippen molar-refractivity contribution in [3.8, 4) is 0 Å². The number of imidazole rings is 1. The lowest BCUT2D eigenvalue weighted by atomic mass is 9.92. The molecule has 9 heteroatoms. The maximum atomic E-state index is 12.7. The number of aromatic nitrogens is 4. The molecule has 1 fully saturated rings. The number of halogens is 2. The van der Waals surface area contributed by atoms with Gasteiger partial charge < -0.3 is 11.1 Å². The number of rotatable bonds is 4. The summed E-state index contributed by atoms with van der Waals surface area (Å²) < 4.78 is 27.2. The molecule has 3 aromatic heterocycles. The van der Waals surface area contributed by atoms with Gasteiger partial charge in [-0.3, -0.25) is 14.3 Å². The van der Waals surface area contributed by atoms with Crippen LogP contribution in [0.1, 0.15) is 62.0 Å². The number of anilines is 1. The number of primary amides is 1. The second-order valence-electron chi connectivity index (χ2n) is 7.78. The monoisotopic (exact) mass is 468 g/mol. The second kappa shape index (κ2) is 11.4. The van der Waals surface area contributed by atoms with Gasteiger partial charge in [0, 0.05) is 17.6 Å². The smallest absolute Gasteiger partial charge is 0.281 e. The molecule has 5 rings (SSSR count). The van der Waals surface area contributed by atoms with E-state index in [2.05, 4.69) is 27.1 Å². The fourth-order valence-corrected chi connectivity index (χ4v) is 3.81. The quantitative estimate of drug-likeness (QED) is 0.326. The Kier molecular flexibility index (Phi) is 8.34. The Morgan fingerprint density at radius 3 is 2.59 bits per heavy atom. The lowest BCUT2D eigenvalue weighted by Crippen LogP contribution is -2.24. The van der Waals surface area contributed by atoms with Crippen molar-refractivity contribution >= 4 is 28.3 Å². The van der Waals surface area contributed by atoms with Crippen LogP contribution < -0.4 is 11.1 Å². The number of hydrogen-bond donors (Lipinski definition) is 3. The number of alkyl halides is 2. The van der Waals surface area contributed by atoms with Crippen LogP contribution in [-0.4, -0.2) is 31.5 Å². The molecule has 3 heterocycles. The van der Waals surface area contributed by atoms with Crippen LogP contribution in [0.4, 0.5) is 14.6 Å². The van der Waals surface area contributed by atoms with Crippen molar-refractivity contribution in [3.05, 3.63) is 72.2 Å². The molecule has 0 saturated heterocycles. The third-order valence-electron chi connectivity index (χ3n) is 5.52. The van der Waals surface area contributed by atoms with Crippen molar-refractivity contribution in [2.24, 2.45) is 5.73 Å². The first-order chi connectivity index (χ1) is 16.4. The van der Waals surface area contributed by atoms with Gasteiger partial charge in [0.05, 0.1) is 17.3 Å². The summed E-state index contributed by atoms with van der Waals surface area (Å²) in [5, 5.41) is 10.9. The van der Waals surface area contributed by atoms with Gasteiger partial charge in [0.15, 0.2) is 0 Å². The normalized spacial score (nSPS) is 13.9. The Morgan fingerprint density at radius 1 is 1.21 bits per heavy atom. The average Bonchev–Trinajstić information content (AvgIpc) is 3.50. The van der Waals surface area contributed by atoms with Crippen LogP contribution in [0.25, 0.3) is 16.6 Å². The predicted molar refractivity (Wildman–Crippen MR) is 131 cm³/mol. The van der Waals surface area contributed by atoms with Crippen molar-refractivity contribution in [2.45, 2.75) is 52.0 Å². The summed E-state index contributed by atoms with van der Waals surface area (Å²) in [6.45, 7) is 8.00. The number of nitrogens with one attached hydrogen (secondary N) is 2. The number of nitrogens with two attached hydrogens (primary N) is 1. The highest BCUT2D eigenvalue weighted by atomic mass is 19.3. The Labute approximate surface area is 197 Å². The van der Waals surface area contributed by atoms with Gasteiger partial charge in [0.2, 0.25) is 0 Å². The van der Waals surface area contributed by atoms with Crippen LogP contribution in [-0.2, 0) is 0 Å². The number of pyridine rings is 1. The minimum absolute atomic E-state index is 0.184. The number of aromatic amines is 1. The van der Waals surface area contributed by atoms with Crippen molar-refractivity contribution in [1.82, 2.24) is 19.6 Å². The Morgan fingerprint density at radius 2 is 1.91 bits per heavy atom. The first kappa shape index (κ1) is 24.9. The fourth-order valence-electron chi connectivity index (χ4n) is 3.81. The van der Waals surface area contributed by atoms with Gasteiger partial charge in [-0.15, -0.1) is 0 Å². The van der Waals surface area contributed by atoms with E-state index in [0.29, 0.717) is 22.8 Å². The van der Waals surface area contributed by atoms with Gasteiger partial charge >= 0.3 is 0 Å². The summed E-state index contributed by atoms with van der Waals surface area (Å²) in [5.41, 5.74) is 7.99. The summed E-state index contributed by atoms with van der Waals surface area (Å²) >= 11 is 0. The summed E-state index contributed by atoms with van der Waals surface area (Å²) in [7, 11) is 0. The van der Waals surface area contributed by atoms with E-state index in [9.17, 15) is 13.6 Å². The van der Waals surface area contributed by atoms with Crippen LogP contribution in [0.5, 0.6) is 0 Å². The molecule has 1 saturated carbocycles. The van der Waals surface area contributed by atoms with Crippen molar-refractivity contribution in [3.63, 3.8) is 0 Å². The Balaban J connectivity index is 0.000000197. The number of allylic oxidation sites excluding steroid dienone is 1. The number of nitrogens with zero attached hydrogens (tertiary/aromatic N) is 3. The van der Waals surface area contributed by atoms with Gasteiger partial charge in [-0.1, -0.05) is 44.2 Å². The molecule has 0 aliphatic heterocycles. The first-order valence-corrected chi connectivity index (χ1v) is 11.3. The fraction of sp³-hybridized carbons (Fsp3) is 0.320. The highest BCUT2D eigenvalue weighted by Gasteiger charge is 2.18. The van der Waals surface area contributed by atoms with Crippen LogP contribution >= 0.6 is 0 Å². The lowest BCUT2D eigenvalue weighted by Gasteiger charge is -2.25. The zero-order chi connectivity index (χ0) is 24.7. The molecule has 0 radical (unpaired) electrons. The standard InChI is InChI=1S/C15H17F2N3.C8H7N3O.C2H6/c1-10-5-7-11(8-6-10)18-13-3-2-4-14-19-12(15(16)17)9-20(13)14;9-8(12)6-3-1-2-5-4-10-11-7(5)6;1-2/h2-4,9,11,15,18H,1,5-8H2;1-4H,(H2,9,12)(H,10,11);1-2H3. The molecule has 7 nitrogen and oxygen atoms in total. The highest BCUT2D eigenvalue weighted by Crippen LogP contribution is 2.26. The summed E-state index contributed by atoms with van der Waals surface area (Å²) in [6, 6.07) is 11.1. The highest BCUT2D eigenvalue weighted by molar-refractivity contribution is 6.04. The summed E-state index contributed by atoms with van der Waals surface area (Å²) in [6.07, 6.45) is 4.64. The van der Waals surface area contributed by atoms with Crippen molar-refractivity contribution < 1.29 is 13.6 Å². The zero-order valence-corrected chi connectivity index (χ0v) is 19.4. The number of benzene rings is 1. The van der Waals surface area contributed by atoms with E-state index < -0.39 is 12.3 Å². The molecule has 0 spiro atoms. The molecule has 1 aliphatic carbocycles. The number of carbonyl (C=O) groups is 1. The molecule has 0 atom stereocenters. The van der Waals surface area contributed by atoms with E-state index in [1.54, 1.807) is 28.8 Å². The number of para-hydroxylation sites is 1. The summed E-state index contributed by atoms with van der Waals surface area (Å²) in [5.74, 6) is 0.379. The van der Waals surface area contributed by atoms with E-state index >= 15 is 0 Å². The zero-order valence-electron chi connectivity index (χ0n) is 19.4. The van der Waals surface area contributed by atoms with Crippen LogP contribution in [0.15, 0.2) is 60.9 Å². The molecular weight excluding hydrogens is 438 g/mol. The number of carbonyl (C=O) groups excluding carboxylic acids is 1. The maximum absolute atomic E-state index is 12.7. The third kappa shape index (κ3) is 5.78. The van der Waals surface area contributed by atoms with Crippen molar-refractivity contribution in [1.29, 1.82) is 0 Å². The molecule has 0 bridgehead atoms. The average molecular weight is 469 g/mol. The molecule has 4 aromatic rings. The van der Waals surface area contributed by atoms with Gasteiger partial charge in [0.25, 0.3) is 12.3 Å². The SMILES string of the molecule is C=C1CCC(Nc2cccc3nc(C(F)F)cn23)CC1.CC.NC(=O)c1cccc2cn[nH]c12. The van der Waals surface area contributed by atoms with E-state index in [1.165, 1.54) is 11.8 Å². The van der Waals surface area contributed by atoms with Crippen LogP contribution in [0.2, 0.25) is 0 Å². The van der Waals surface area contributed by atoms with Gasteiger partial charge in [-0.2, -0.15) is 5.10 Å². The molecule has 4 N–H and O–H groups in total. The second-order valence-corrected chi connectivity index (χ2v) is 7.78. The molecule has 1 amide bonds. The van der Waals surface area contributed by atoms with E-state index in [1.807, 2.05) is 32.0 Å². The molecule has 180 valence electrons. The predicted octanol–water partition coefficient (Wildman–Crippen LogP) is 5.87. The summed E-state index contributed by atoms with van der Waals surface area (Å²) in [4.78, 5) is 14.8. The van der Waals surface area contributed by atoms with Crippen LogP contribution in [0, 0.1) is 0 Å². The molecule has 34 heavy (non-hydrogen) atoms. The van der Waals surface area contributed by atoms with Gasteiger partial charge in [-0.25, -0.2) is 13.8 Å². The van der Waals surface area contributed by atoms with E-state index in [0.717, 1.165) is 36.9 Å². The Hall–Kier alpha value is -3.75. The topological polar surface area (TPSA) is 101 Å². The molecule has 1 aromatic carbocycles. The third-order valence-corrected chi connectivity index (χ3v) is 5.52. The van der Waals surface area contributed by atoms with E-state index in [4.69, 9.17) is 5.73 Å². The minimum atomic E-state index is -2.54. The van der Waals surface area contributed by atoms with Gasteiger partial charge in [-0.05, 0) is 43.9 Å². The van der Waals surface area contributed by atoms with Crippen LogP contribution in [0.3, 0.4) is 0 Å². The molecular formula is C25H30F2N6O. The van der Waals surface area contributed by atoms with E-state index in [-0.39, 0.29) is 5.69 Å². The lowest BCUT2D eigenvalue weighted by molar-refractivity contribution is 0.100. The minimum Gasteiger partial charge on any atom is -0.368 e. The number of H-pyrrole nitrogens is 1. The van der Waals surface area contributed by atoms with Crippen molar-refractivity contribution in [2.75, 3.05) is 5.32 Å².